The van der Waals surface area contributed by atoms with Gasteiger partial charge in [-0.25, -0.2) is 8.78 Å². The van der Waals surface area contributed by atoms with E-state index in [1.165, 1.54) is 16.7 Å². The molecule has 0 unspecified atom stereocenters. The molecule has 1 amide bonds. The van der Waals surface area contributed by atoms with Crippen molar-refractivity contribution in [3.05, 3.63) is 87.5 Å². The van der Waals surface area contributed by atoms with Crippen LogP contribution in [0.4, 0.5) is 20.2 Å². The first-order valence-corrected chi connectivity index (χ1v) is 11.7. The van der Waals surface area contributed by atoms with Gasteiger partial charge in [0.1, 0.15) is 21.3 Å². The number of hydrogen-bond donors (Lipinski definition) is 2. The maximum Gasteiger partial charge on any atom is 0.266 e. The molecule has 2 aromatic carbocycles. The van der Waals surface area contributed by atoms with Crippen LogP contribution in [0.3, 0.4) is 0 Å². The van der Waals surface area contributed by atoms with Gasteiger partial charge in [0, 0.05) is 24.1 Å². The second kappa shape index (κ2) is 9.00. The number of nitrogens with one attached hydrogen (secondary N) is 1. The van der Waals surface area contributed by atoms with Crippen LogP contribution >= 0.6 is 11.3 Å². The SMILES string of the molecule is O=C(c1sc2c(ccc(=O)n2-c2ccccc2)c1Nc1ccc(F)cc1F)N1CCC[C@H]1CO. The Morgan fingerprint density at radius 3 is 2.65 bits per heavy atom. The van der Waals surface area contributed by atoms with Gasteiger partial charge in [-0.2, -0.15) is 0 Å². The number of likely N-dealkylation sites (tertiary alicyclic amines) is 1. The van der Waals surface area contributed by atoms with E-state index in [9.17, 15) is 23.5 Å². The second-order valence-electron chi connectivity index (χ2n) is 8.09. The Morgan fingerprint density at radius 2 is 1.91 bits per heavy atom. The Balaban J connectivity index is 1.72. The van der Waals surface area contributed by atoms with E-state index in [4.69, 9.17) is 0 Å². The fraction of sp³-hybridized carbons (Fsp3) is 0.200. The van der Waals surface area contributed by atoms with Crippen molar-refractivity contribution in [3.63, 3.8) is 0 Å². The number of carbonyl (C=O) groups excluding carboxylic acids is 1. The third-order valence-electron chi connectivity index (χ3n) is 5.99. The molecule has 1 saturated heterocycles. The molecular formula is C25H21F2N3O3S. The zero-order chi connectivity index (χ0) is 23.8. The van der Waals surface area contributed by atoms with Crippen molar-refractivity contribution in [2.75, 3.05) is 18.5 Å². The first-order valence-electron chi connectivity index (χ1n) is 10.9. The number of para-hydroxylation sites is 1. The number of amides is 1. The summed E-state index contributed by atoms with van der Waals surface area (Å²) in [5, 5.41) is 13.3. The first kappa shape index (κ1) is 22.2. The lowest BCUT2D eigenvalue weighted by Crippen LogP contribution is -2.37. The third-order valence-corrected chi connectivity index (χ3v) is 7.17. The van der Waals surface area contributed by atoms with Crippen LogP contribution in [0.5, 0.6) is 0 Å². The van der Waals surface area contributed by atoms with Gasteiger partial charge in [-0.15, -0.1) is 11.3 Å². The van der Waals surface area contributed by atoms with Gasteiger partial charge < -0.3 is 15.3 Å². The number of aliphatic hydroxyl groups is 1. The van der Waals surface area contributed by atoms with Gasteiger partial charge in [0.05, 0.1) is 29.7 Å². The van der Waals surface area contributed by atoms with Crippen LogP contribution in [0.2, 0.25) is 0 Å². The summed E-state index contributed by atoms with van der Waals surface area (Å²) in [6.07, 6.45) is 1.46. The predicted octanol–water partition coefficient (Wildman–Crippen LogP) is 4.67. The molecule has 9 heteroatoms. The minimum atomic E-state index is -0.802. The molecule has 34 heavy (non-hydrogen) atoms. The number of rotatable bonds is 5. The van der Waals surface area contributed by atoms with Crippen LogP contribution in [0.15, 0.2) is 65.5 Å². The van der Waals surface area contributed by atoms with E-state index in [-0.39, 0.29) is 34.7 Å². The fourth-order valence-corrected chi connectivity index (χ4v) is 5.55. The number of pyridine rings is 1. The molecule has 1 aliphatic rings. The van der Waals surface area contributed by atoms with Crippen LogP contribution in [0.25, 0.3) is 15.9 Å². The van der Waals surface area contributed by atoms with Crippen molar-refractivity contribution in [3.8, 4) is 5.69 Å². The number of nitrogens with zero attached hydrogens (tertiary/aromatic N) is 2. The second-order valence-corrected chi connectivity index (χ2v) is 9.09. The summed E-state index contributed by atoms with van der Waals surface area (Å²) < 4.78 is 29.5. The standard InChI is InChI=1S/C25H21F2N3O3S/c26-15-8-10-20(19(27)13-15)28-22-18-9-11-21(32)30(16-5-2-1-3-6-16)25(18)34-23(22)24(33)29-12-4-7-17(29)14-31/h1-3,5-6,8-11,13,17,28,31H,4,7,12,14H2/t17-/m0/s1. The van der Waals surface area contributed by atoms with E-state index < -0.39 is 11.6 Å². The predicted molar refractivity (Wildman–Crippen MR) is 128 cm³/mol. The van der Waals surface area contributed by atoms with Crippen LogP contribution < -0.4 is 10.9 Å². The largest absolute Gasteiger partial charge is 0.394 e. The highest BCUT2D eigenvalue weighted by atomic mass is 32.1. The molecule has 174 valence electrons. The van der Waals surface area contributed by atoms with Gasteiger partial charge in [0.15, 0.2) is 0 Å². The summed E-state index contributed by atoms with van der Waals surface area (Å²) in [7, 11) is 0. The summed E-state index contributed by atoms with van der Waals surface area (Å²) in [6.45, 7) is 0.342. The molecule has 2 N–H and O–H groups in total. The number of aliphatic hydroxyl groups excluding tert-OH is 1. The zero-order valence-electron chi connectivity index (χ0n) is 18.0. The van der Waals surface area contributed by atoms with E-state index in [0.717, 1.165) is 29.9 Å². The molecule has 0 bridgehead atoms. The first-order chi connectivity index (χ1) is 16.5. The minimum absolute atomic E-state index is 0.00717. The number of hydrogen-bond acceptors (Lipinski definition) is 5. The van der Waals surface area contributed by atoms with E-state index >= 15 is 0 Å². The van der Waals surface area contributed by atoms with Gasteiger partial charge >= 0.3 is 0 Å². The highest BCUT2D eigenvalue weighted by Crippen LogP contribution is 2.40. The molecule has 0 radical (unpaired) electrons. The van der Waals surface area contributed by atoms with E-state index in [0.29, 0.717) is 34.6 Å². The van der Waals surface area contributed by atoms with Gasteiger partial charge in [-0.3, -0.25) is 14.2 Å². The number of aromatic nitrogens is 1. The Morgan fingerprint density at radius 1 is 1.12 bits per heavy atom. The average molecular weight is 482 g/mol. The molecule has 0 spiro atoms. The van der Waals surface area contributed by atoms with Gasteiger partial charge in [-0.05, 0) is 43.2 Å². The monoisotopic (exact) mass is 481 g/mol. The maximum atomic E-state index is 14.5. The minimum Gasteiger partial charge on any atom is -0.394 e. The van der Waals surface area contributed by atoms with Crippen LogP contribution in [-0.4, -0.2) is 39.7 Å². The molecule has 4 aromatic rings. The number of fused-ring (bicyclic) bond motifs is 1. The lowest BCUT2D eigenvalue weighted by atomic mass is 10.2. The molecule has 1 atom stereocenters. The highest BCUT2D eigenvalue weighted by molar-refractivity contribution is 7.21. The lowest BCUT2D eigenvalue weighted by Gasteiger charge is -2.23. The quantitative estimate of drug-likeness (QED) is 0.435. The molecule has 2 aromatic heterocycles. The number of carbonyl (C=O) groups is 1. The number of benzene rings is 2. The van der Waals surface area contributed by atoms with E-state index in [2.05, 4.69) is 5.32 Å². The van der Waals surface area contributed by atoms with Crippen molar-refractivity contribution < 1.29 is 18.7 Å². The van der Waals surface area contributed by atoms with Gasteiger partial charge in [0.25, 0.3) is 11.5 Å². The van der Waals surface area contributed by atoms with Crippen molar-refractivity contribution in [1.29, 1.82) is 0 Å². The smallest absolute Gasteiger partial charge is 0.266 e. The van der Waals surface area contributed by atoms with Crippen molar-refractivity contribution in [2.24, 2.45) is 0 Å². The molecule has 1 aliphatic heterocycles. The van der Waals surface area contributed by atoms with Gasteiger partial charge in [-0.1, -0.05) is 18.2 Å². The summed E-state index contributed by atoms with van der Waals surface area (Å²) in [5.74, 6) is -1.83. The van der Waals surface area contributed by atoms with E-state index in [1.54, 1.807) is 23.1 Å². The molecule has 6 nitrogen and oxygen atoms in total. The Bertz CT molecular complexity index is 1430. The molecule has 0 saturated carbocycles. The number of halogens is 2. The normalized spacial score (nSPS) is 15.7. The molecule has 5 rings (SSSR count). The van der Waals surface area contributed by atoms with Crippen LogP contribution in [0.1, 0.15) is 22.5 Å². The summed E-state index contributed by atoms with van der Waals surface area (Å²) in [6, 6.07) is 14.9. The third kappa shape index (κ3) is 3.86. The van der Waals surface area contributed by atoms with E-state index in [1.807, 2.05) is 18.2 Å². The number of thiophene rings is 1. The summed E-state index contributed by atoms with van der Waals surface area (Å²) in [4.78, 5) is 28.9. The topological polar surface area (TPSA) is 74.6 Å². The van der Waals surface area contributed by atoms with Crippen molar-refractivity contribution in [2.45, 2.75) is 18.9 Å². The molecule has 0 aliphatic carbocycles. The zero-order valence-corrected chi connectivity index (χ0v) is 18.8. The molecule has 3 heterocycles. The van der Waals surface area contributed by atoms with Gasteiger partial charge in [0.2, 0.25) is 0 Å². The van der Waals surface area contributed by atoms with Crippen LogP contribution in [0, 0.1) is 11.6 Å². The molecule has 1 fully saturated rings. The lowest BCUT2D eigenvalue weighted by molar-refractivity contribution is 0.0683. The summed E-state index contributed by atoms with van der Waals surface area (Å²) >= 11 is 1.13. The number of anilines is 2. The van der Waals surface area contributed by atoms with Crippen molar-refractivity contribution >= 4 is 38.8 Å². The Kier molecular flexibility index (Phi) is 5.89. The summed E-state index contributed by atoms with van der Waals surface area (Å²) in [5.41, 5.74) is 0.705. The van der Waals surface area contributed by atoms with Crippen molar-refractivity contribution in [1.82, 2.24) is 9.47 Å². The Labute approximate surface area is 197 Å². The Hall–Kier alpha value is -3.56. The fourth-order valence-electron chi connectivity index (χ4n) is 4.33. The molecular weight excluding hydrogens is 460 g/mol. The van der Waals surface area contributed by atoms with Crippen LogP contribution in [-0.2, 0) is 0 Å². The highest BCUT2D eigenvalue weighted by Gasteiger charge is 2.32. The maximum absolute atomic E-state index is 14.5. The average Bonchev–Trinajstić information content (AvgIpc) is 3.46.